The Labute approximate surface area is 27.5 Å². The molecule has 0 unspecified atom stereocenters. The second kappa shape index (κ2) is 1.54. The van der Waals surface area contributed by atoms with E-state index in [9.17, 15) is 0 Å². The van der Waals surface area contributed by atoms with E-state index >= 15 is 0 Å². The lowest BCUT2D eigenvalue weighted by Gasteiger charge is -1.94. The summed E-state index contributed by atoms with van der Waals surface area (Å²) in [7, 11) is 0. The van der Waals surface area contributed by atoms with Crippen molar-refractivity contribution in [3.05, 3.63) is 0 Å². The van der Waals surface area contributed by atoms with Crippen LogP contribution in [0.2, 0.25) is 0 Å². The van der Waals surface area contributed by atoms with Gasteiger partial charge in [-0.15, -0.1) is 0 Å². The highest BCUT2D eigenvalue weighted by Crippen LogP contribution is 1.54. The van der Waals surface area contributed by atoms with Gasteiger partial charge in [0.1, 0.15) is 0 Å². The number of rotatable bonds is 0. The van der Waals surface area contributed by atoms with Crippen LogP contribution in [0.3, 0.4) is 0 Å². The fourth-order valence-corrected chi connectivity index (χ4v) is 0. The first kappa shape index (κ1) is 4.23. The van der Waals surface area contributed by atoms with Crippen molar-refractivity contribution in [2.75, 3.05) is 0 Å². The van der Waals surface area contributed by atoms with E-state index in [0.717, 1.165) is 0 Å². The van der Waals surface area contributed by atoms with Crippen molar-refractivity contribution in [1.29, 1.82) is 0 Å². The van der Waals surface area contributed by atoms with Crippen molar-refractivity contribution in [3.63, 3.8) is 0 Å². The molecule has 0 radical (unpaired) electrons. The molecule has 0 aliphatic carbocycles. The number of carboxylic acid groups (broad SMARTS) is 1. The van der Waals surface area contributed by atoms with Crippen molar-refractivity contribution < 1.29 is 20.0 Å². The van der Waals surface area contributed by atoms with Gasteiger partial charge in [0.2, 0.25) is 0 Å². The summed E-state index contributed by atoms with van der Waals surface area (Å²) in [5.74, 6) is 0. The second-order valence-electron chi connectivity index (χ2n) is 0.349. The van der Waals surface area contributed by atoms with Gasteiger partial charge in [-0.2, -0.15) is 0 Å². The molecule has 0 heterocycles. The Kier molecular flexibility index (Phi) is 1.30. The van der Waals surface area contributed by atoms with Gasteiger partial charge in [0.15, 0.2) is 0 Å². The minimum Gasteiger partial charge on any atom is -0.659 e. The average Bonchev–Trinajstić information content (AvgIpc) is 1.38. The molecule has 0 aliphatic rings. The van der Waals surface area contributed by atoms with E-state index in [1.54, 1.807) is 0 Å². The van der Waals surface area contributed by atoms with Crippen molar-refractivity contribution in [3.8, 4) is 0 Å². The van der Waals surface area contributed by atoms with E-state index in [-0.39, 0.29) is 0 Å². The van der Waals surface area contributed by atoms with Crippen molar-refractivity contribution in [1.82, 2.24) is 0 Å². The maximum Gasteiger partial charge on any atom is 0.499 e. The van der Waals surface area contributed by atoms with Crippen LogP contribution < -0.4 is 5.26 Å². The third-order valence-electron chi connectivity index (χ3n) is 0.0713. The first-order valence-corrected chi connectivity index (χ1v) is 0.799. The molecule has 1 N–H and O–H groups in total. The Morgan fingerprint density at radius 3 is 2.20 bits per heavy atom. The molecule has 0 fully saturated rings. The molecule has 0 aromatic rings. The third-order valence-corrected chi connectivity index (χ3v) is 0.0713. The summed E-state index contributed by atoms with van der Waals surface area (Å²) in [4.78, 5) is 11.2. The first-order chi connectivity index (χ1) is 2.27. The summed E-state index contributed by atoms with van der Waals surface area (Å²) in [5, 5.41) is 15.7. The number of carbonyl (C=O) groups is 1. The standard InChI is InChI=1S/CH2O4/c2-1(3)5-4/h4H,(H,2,3)/p-1. The van der Waals surface area contributed by atoms with Gasteiger partial charge in [-0.1, -0.05) is 0 Å². The zero-order chi connectivity index (χ0) is 4.28. The molecule has 0 aliphatic heterocycles. The molecule has 0 aromatic heterocycles. The highest BCUT2D eigenvalue weighted by molar-refractivity contribution is 5.55. The van der Waals surface area contributed by atoms with Crippen LogP contribution in [-0.4, -0.2) is 11.3 Å². The molecule has 0 rings (SSSR count). The molecular formula is CHO4-. The fraction of sp³-hybridized carbons (Fsp3) is 0. The summed E-state index contributed by atoms with van der Waals surface area (Å²) < 4.78 is 0. The van der Waals surface area contributed by atoms with E-state index in [0.29, 0.717) is 0 Å². The lowest BCUT2D eigenvalue weighted by molar-refractivity contribution is -0.657. The van der Waals surface area contributed by atoms with Crippen molar-refractivity contribution >= 4 is 6.16 Å². The topological polar surface area (TPSA) is 69.6 Å². The normalized spacial score (nSPS) is 6.60. The summed E-state index contributed by atoms with van der Waals surface area (Å²) in [6.45, 7) is 0. The lowest BCUT2D eigenvalue weighted by Crippen LogP contribution is -2.10. The van der Waals surface area contributed by atoms with E-state index in [1.165, 1.54) is 0 Å². The highest BCUT2D eigenvalue weighted by atomic mass is 17.1. The molecule has 0 atom stereocenters. The van der Waals surface area contributed by atoms with Crippen molar-refractivity contribution in [2.24, 2.45) is 0 Å². The summed E-state index contributed by atoms with van der Waals surface area (Å²) >= 11 is 0. The fourth-order valence-electron chi connectivity index (χ4n) is 0. The van der Waals surface area contributed by atoms with Crippen molar-refractivity contribution in [2.45, 2.75) is 0 Å². The van der Waals surface area contributed by atoms with Crippen LogP contribution in [0.15, 0.2) is 0 Å². The predicted octanol–water partition coefficient (Wildman–Crippen LogP) is -1.04. The molecule has 0 amide bonds. The molecular weight excluding hydrogens is 76.0 g/mol. The molecule has 5 heavy (non-hydrogen) atoms. The van der Waals surface area contributed by atoms with Gasteiger partial charge in [0, 0.05) is 0 Å². The van der Waals surface area contributed by atoms with Gasteiger partial charge in [0.05, 0.1) is 0 Å². The number of hydrogen-bond acceptors (Lipinski definition) is 3. The zero-order valence-electron chi connectivity index (χ0n) is 2.17. The Morgan fingerprint density at radius 2 is 2.20 bits per heavy atom. The SMILES string of the molecule is O=C(O)O[O-]. The van der Waals surface area contributed by atoms with Gasteiger partial charge in [-0.25, -0.2) is 4.79 Å². The highest BCUT2D eigenvalue weighted by Gasteiger charge is 1.76. The number of hydrogen-bond donors (Lipinski definition) is 1. The van der Waals surface area contributed by atoms with Crippen LogP contribution in [0.25, 0.3) is 0 Å². The smallest absolute Gasteiger partial charge is 0.499 e. The van der Waals surface area contributed by atoms with Crippen LogP contribution in [-0.2, 0) is 4.89 Å². The van der Waals surface area contributed by atoms with E-state index in [2.05, 4.69) is 4.89 Å². The summed E-state index contributed by atoms with van der Waals surface area (Å²) in [5.41, 5.74) is 0. The summed E-state index contributed by atoms with van der Waals surface area (Å²) in [6, 6.07) is 0. The third kappa shape index (κ3) is 3.23. The van der Waals surface area contributed by atoms with Gasteiger partial charge in [-0.05, 0) is 0 Å². The second-order valence-corrected chi connectivity index (χ2v) is 0.349. The molecule has 0 aromatic carbocycles. The molecule has 0 spiro atoms. The molecule has 4 nitrogen and oxygen atoms in total. The van der Waals surface area contributed by atoms with Gasteiger partial charge < -0.3 is 15.3 Å². The molecule has 4 heteroatoms. The minimum absolute atomic E-state index is 1.80. The zero-order valence-corrected chi connectivity index (χ0v) is 2.17. The maximum atomic E-state index is 8.83. The Morgan fingerprint density at radius 1 is 2.00 bits per heavy atom. The molecule has 0 saturated carbocycles. The van der Waals surface area contributed by atoms with Crippen LogP contribution in [0.5, 0.6) is 0 Å². The Balaban J connectivity index is 2.85. The van der Waals surface area contributed by atoms with Crippen LogP contribution in [0.4, 0.5) is 4.79 Å². The Bertz CT molecular complexity index is 38.9. The lowest BCUT2D eigenvalue weighted by atomic mass is 11.5. The molecule has 0 bridgehead atoms. The van der Waals surface area contributed by atoms with Gasteiger partial charge >= 0.3 is 6.16 Å². The quantitative estimate of drug-likeness (QED) is 0.296. The average molecular weight is 77.0 g/mol. The van der Waals surface area contributed by atoms with Gasteiger partial charge in [-0.3, -0.25) is 0 Å². The van der Waals surface area contributed by atoms with Crippen LogP contribution in [0, 0.1) is 0 Å². The molecule has 0 saturated heterocycles. The van der Waals surface area contributed by atoms with E-state index < -0.39 is 6.16 Å². The van der Waals surface area contributed by atoms with Crippen LogP contribution in [0.1, 0.15) is 0 Å². The largest absolute Gasteiger partial charge is 0.659 e. The van der Waals surface area contributed by atoms with E-state index in [4.69, 9.17) is 15.2 Å². The predicted molar refractivity (Wildman–Crippen MR) is 9.11 cm³/mol. The van der Waals surface area contributed by atoms with Gasteiger partial charge in [0.25, 0.3) is 0 Å². The minimum atomic E-state index is -1.80. The first-order valence-electron chi connectivity index (χ1n) is 0.799. The molecule has 30 valence electrons. The van der Waals surface area contributed by atoms with Crippen LogP contribution >= 0.6 is 0 Å². The Hall–Kier alpha value is -0.770. The van der Waals surface area contributed by atoms with E-state index in [1.807, 2.05) is 0 Å². The summed E-state index contributed by atoms with van der Waals surface area (Å²) in [6.07, 6.45) is -1.80. The monoisotopic (exact) mass is 77.0 g/mol. The maximum absolute atomic E-state index is 8.83.